The van der Waals surface area contributed by atoms with Gasteiger partial charge in [-0.15, -0.1) is 0 Å². The molecule has 0 spiro atoms. The fourth-order valence-electron chi connectivity index (χ4n) is 3.07. The number of hydrogen-bond acceptors (Lipinski definition) is 4. The Morgan fingerprint density at radius 2 is 2.29 bits per heavy atom. The van der Waals surface area contributed by atoms with Crippen molar-refractivity contribution in [3.63, 3.8) is 0 Å². The van der Waals surface area contributed by atoms with Crippen molar-refractivity contribution in [3.8, 4) is 5.88 Å². The minimum atomic E-state index is -0.0974. The van der Waals surface area contributed by atoms with Gasteiger partial charge in [-0.25, -0.2) is 4.98 Å². The number of carbonyl (C=O) groups excluding carboxylic acids is 1. The summed E-state index contributed by atoms with van der Waals surface area (Å²) in [5.41, 5.74) is 2.30. The molecule has 0 aromatic carbocycles. The van der Waals surface area contributed by atoms with Gasteiger partial charge in [-0.05, 0) is 51.4 Å². The molecule has 21 heavy (non-hydrogen) atoms. The lowest BCUT2D eigenvalue weighted by molar-refractivity contribution is 0.0937. The Bertz CT molecular complexity index is 516. The third-order valence-electron chi connectivity index (χ3n) is 4.14. The number of aromatic nitrogens is 1. The van der Waals surface area contributed by atoms with Crippen LogP contribution in [-0.4, -0.2) is 48.6 Å². The maximum Gasteiger partial charge on any atom is 0.257 e. The van der Waals surface area contributed by atoms with Gasteiger partial charge in [0.2, 0.25) is 5.88 Å². The number of rotatable bonds is 5. The summed E-state index contributed by atoms with van der Waals surface area (Å²) < 4.78 is 5.26. The molecule has 0 aliphatic carbocycles. The van der Waals surface area contributed by atoms with Crippen LogP contribution in [0.3, 0.4) is 0 Å². The van der Waals surface area contributed by atoms with Gasteiger partial charge in [0.1, 0.15) is 5.56 Å². The highest BCUT2D eigenvalue weighted by Crippen LogP contribution is 2.21. The standard InChI is InChI=1S/C16H25N3O2/c1-5-19-8-6-7-13(19)10-17-15(20)14-11(2)9-12(3)18-16(14)21-4/h9,13H,5-8,10H2,1-4H3,(H,17,20). The fourth-order valence-corrected chi connectivity index (χ4v) is 3.07. The molecule has 116 valence electrons. The molecular weight excluding hydrogens is 266 g/mol. The van der Waals surface area contributed by atoms with Crippen molar-refractivity contribution >= 4 is 5.91 Å². The molecule has 1 amide bonds. The van der Waals surface area contributed by atoms with Crippen LogP contribution in [0, 0.1) is 13.8 Å². The highest BCUT2D eigenvalue weighted by Gasteiger charge is 2.24. The molecule has 5 heteroatoms. The van der Waals surface area contributed by atoms with Crippen molar-refractivity contribution < 1.29 is 9.53 Å². The number of nitrogens with one attached hydrogen (secondary N) is 1. The summed E-state index contributed by atoms with van der Waals surface area (Å²) in [5.74, 6) is 0.309. The number of aryl methyl sites for hydroxylation is 2. The Morgan fingerprint density at radius 1 is 1.52 bits per heavy atom. The molecule has 1 fully saturated rings. The second-order valence-electron chi connectivity index (χ2n) is 5.60. The van der Waals surface area contributed by atoms with Crippen molar-refractivity contribution in [2.24, 2.45) is 0 Å². The Morgan fingerprint density at radius 3 is 2.95 bits per heavy atom. The van der Waals surface area contributed by atoms with E-state index in [4.69, 9.17) is 4.74 Å². The Labute approximate surface area is 126 Å². The fraction of sp³-hybridized carbons (Fsp3) is 0.625. The predicted molar refractivity (Wildman–Crippen MR) is 82.9 cm³/mol. The van der Waals surface area contributed by atoms with Crippen molar-refractivity contribution in [1.82, 2.24) is 15.2 Å². The minimum absolute atomic E-state index is 0.0974. The van der Waals surface area contributed by atoms with E-state index in [2.05, 4.69) is 22.1 Å². The van der Waals surface area contributed by atoms with Gasteiger partial charge in [0.15, 0.2) is 0 Å². The topological polar surface area (TPSA) is 54.5 Å². The van der Waals surface area contributed by atoms with Gasteiger partial charge in [-0.1, -0.05) is 6.92 Å². The van der Waals surface area contributed by atoms with E-state index in [0.717, 1.165) is 30.8 Å². The lowest BCUT2D eigenvalue weighted by atomic mass is 10.1. The SMILES string of the molecule is CCN1CCCC1CNC(=O)c1c(C)cc(C)nc1OC. The van der Waals surface area contributed by atoms with Gasteiger partial charge in [0.05, 0.1) is 7.11 Å². The summed E-state index contributed by atoms with van der Waals surface area (Å²) >= 11 is 0. The maximum absolute atomic E-state index is 12.5. The van der Waals surface area contributed by atoms with Gasteiger partial charge in [-0.2, -0.15) is 0 Å². The lowest BCUT2D eigenvalue weighted by Gasteiger charge is -2.23. The Hall–Kier alpha value is -1.62. The van der Waals surface area contributed by atoms with Gasteiger partial charge >= 0.3 is 0 Å². The highest BCUT2D eigenvalue weighted by atomic mass is 16.5. The van der Waals surface area contributed by atoms with E-state index in [-0.39, 0.29) is 5.91 Å². The van der Waals surface area contributed by atoms with E-state index in [0.29, 0.717) is 24.0 Å². The average Bonchev–Trinajstić information content (AvgIpc) is 2.91. The van der Waals surface area contributed by atoms with Crippen LogP contribution in [0.5, 0.6) is 5.88 Å². The number of likely N-dealkylation sites (tertiary alicyclic amines) is 1. The molecule has 1 aromatic rings. The van der Waals surface area contributed by atoms with Crippen LogP contribution in [0.2, 0.25) is 0 Å². The minimum Gasteiger partial charge on any atom is -0.480 e. The molecule has 1 aliphatic heterocycles. The number of hydrogen-bond donors (Lipinski definition) is 1. The molecule has 2 rings (SSSR count). The Balaban J connectivity index is 2.07. The van der Waals surface area contributed by atoms with Crippen LogP contribution in [0.4, 0.5) is 0 Å². The van der Waals surface area contributed by atoms with Crippen molar-refractivity contribution in [2.45, 2.75) is 39.7 Å². The van der Waals surface area contributed by atoms with E-state index in [9.17, 15) is 4.79 Å². The molecule has 5 nitrogen and oxygen atoms in total. The van der Waals surface area contributed by atoms with E-state index < -0.39 is 0 Å². The largest absolute Gasteiger partial charge is 0.480 e. The predicted octanol–water partition coefficient (Wildman–Crippen LogP) is 1.92. The zero-order valence-electron chi connectivity index (χ0n) is 13.4. The number of likely N-dealkylation sites (N-methyl/N-ethyl adjacent to an activating group) is 1. The van der Waals surface area contributed by atoms with E-state index in [1.165, 1.54) is 6.42 Å². The van der Waals surface area contributed by atoms with E-state index in [1.807, 2.05) is 19.9 Å². The highest BCUT2D eigenvalue weighted by molar-refractivity contribution is 5.97. The van der Waals surface area contributed by atoms with Crippen molar-refractivity contribution in [3.05, 3.63) is 22.9 Å². The molecule has 1 unspecified atom stereocenters. The van der Waals surface area contributed by atoms with Crippen molar-refractivity contribution in [1.29, 1.82) is 0 Å². The van der Waals surface area contributed by atoms with Gasteiger partial charge in [0, 0.05) is 18.3 Å². The summed E-state index contributed by atoms with van der Waals surface area (Å²) in [6.45, 7) is 8.83. The first-order valence-corrected chi connectivity index (χ1v) is 7.61. The van der Waals surface area contributed by atoms with Crippen LogP contribution in [0.25, 0.3) is 0 Å². The first-order chi connectivity index (χ1) is 10.1. The number of ether oxygens (including phenoxy) is 1. The summed E-state index contributed by atoms with van der Waals surface area (Å²) in [6.07, 6.45) is 2.36. The number of nitrogens with zero attached hydrogens (tertiary/aromatic N) is 2. The molecule has 2 heterocycles. The normalized spacial score (nSPS) is 18.8. The third kappa shape index (κ3) is 3.53. The van der Waals surface area contributed by atoms with Gasteiger partial charge in [0.25, 0.3) is 5.91 Å². The summed E-state index contributed by atoms with van der Waals surface area (Å²) in [6, 6.07) is 2.36. The molecule has 1 aliphatic rings. The second kappa shape index (κ2) is 6.89. The second-order valence-corrected chi connectivity index (χ2v) is 5.60. The van der Waals surface area contributed by atoms with E-state index in [1.54, 1.807) is 7.11 Å². The summed E-state index contributed by atoms with van der Waals surface area (Å²) in [7, 11) is 1.55. The molecule has 0 bridgehead atoms. The monoisotopic (exact) mass is 291 g/mol. The Kier molecular flexibility index (Phi) is 5.17. The van der Waals surface area contributed by atoms with Crippen LogP contribution < -0.4 is 10.1 Å². The molecule has 0 radical (unpaired) electrons. The van der Waals surface area contributed by atoms with Crippen LogP contribution >= 0.6 is 0 Å². The molecular formula is C16H25N3O2. The van der Waals surface area contributed by atoms with Gasteiger partial charge in [-0.3, -0.25) is 9.69 Å². The maximum atomic E-state index is 12.5. The number of methoxy groups -OCH3 is 1. The lowest BCUT2D eigenvalue weighted by Crippen LogP contribution is -2.40. The number of carbonyl (C=O) groups is 1. The summed E-state index contributed by atoms with van der Waals surface area (Å²) in [5, 5.41) is 3.04. The van der Waals surface area contributed by atoms with E-state index >= 15 is 0 Å². The smallest absolute Gasteiger partial charge is 0.257 e. The number of pyridine rings is 1. The zero-order valence-corrected chi connectivity index (χ0v) is 13.4. The summed E-state index contributed by atoms with van der Waals surface area (Å²) in [4.78, 5) is 19.2. The quantitative estimate of drug-likeness (QED) is 0.900. The number of amides is 1. The van der Waals surface area contributed by atoms with Crippen LogP contribution in [-0.2, 0) is 0 Å². The van der Waals surface area contributed by atoms with Crippen molar-refractivity contribution in [2.75, 3.05) is 26.7 Å². The molecule has 0 saturated carbocycles. The molecule has 1 N–H and O–H groups in total. The van der Waals surface area contributed by atoms with Crippen LogP contribution in [0.1, 0.15) is 41.4 Å². The first kappa shape index (κ1) is 15.8. The molecule has 1 saturated heterocycles. The first-order valence-electron chi connectivity index (χ1n) is 7.61. The zero-order chi connectivity index (χ0) is 15.4. The third-order valence-corrected chi connectivity index (χ3v) is 4.14. The molecule has 1 atom stereocenters. The van der Waals surface area contributed by atoms with Crippen LogP contribution in [0.15, 0.2) is 6.07 Å². The molecule has 1 aromatic heterocycles. The van der Waals surface area contributed by atoms with Gasteiger partial charge < -0.3 is 10.1 Å². The average molecular weight is 291 g/mol.